The normalized spacial score (nSPS) is 14.7. The topological polar surface area (TPSA) is 174 Å². The van der Waals surface area contributed by atoms with Gasteiger partial charge >= 0.3 is 11.9 Å². The Balaban J connectivity index is 0. The van der Waals surface area contributed by atoms with Gasteiger partial charge in [0.25, 0.3) is 0 Å². The number of esters is 2. The van der Waals surface area contributed by atoms with E-state index in [0.29, 0.717) is 6.42 Å². The minimum atomic E-state index is -1.74. The summed E-state index contributed by atoms with van der Waals surface area (Å²) in [5.41, 5.74) is 0.127. The van der Waals surface area contributed by atoms with Crippen molar-refractivity contribution in [3.05, 3.63) is 24.8 Å². The molecule has 0 aliphatic rings. The molecule has 0 rings (SSSR count). The lowest BCUT2D eigenvalue weighted by Gasteiger charge is -2.25. The molecule has 10 nitrogen and oxygen atoms in total. The van der Waals surface area contributed by atoms with Crippen LogP contribution in [0.25, 0.3) is 0 Å². The van der Waals surface area contributed by atoms with Gasteiger partial charge in [0.15, 0.2) is 0 Å². The summed E-state index contributed by atoms with van der Waals surface area (Å²) in [4.78, 5) is 21.2. The third-order valence-corrected chi connectivity index (χ3v) is 2.77. The van der Waals surface area contributed by atoms with Crippen LogP contribution in [0.15, 0.2) is 24.8 Å². The Hall–Kier alpha value is -1.82. The highest BCUT2D eigenvalue weighted by Gasteiger charge is 2.30. The van der Waals surface area contributed by atoms with E-state index in [-0.39, 0.29) is 18.8 Å². The number of ether oxygens (including phenoxy) is 2. The molecule has 0 radical (unpaired) electrons. The Morgan fingerprint density at radius 1 is 1.04 bits per heavy atom. The van der Waals surface area contributed by atoms with Gasteiger partial charge in [-0.15, -0.1) is 0 Å². The van der Waals surface area contributed by atoms with Crippen molar-refractivity contribution in [1.82, 2.24) is 0 Å². The molecule has 0 fully saturated rings. The van der Waals surface area contributed by atoms with Gasteiger partial charge in [-0.05, 0) is 6.92 Å². The SMILES string of the molecule is C=C(C)C(=O)OCC(O)C(O)C(O)C(O)CO.C=CC(=O)OCCCO. The Labute approximate surface area is 151 Å². The monoisotopic (exact) mass is 380 g/mol. The van der Waals surface area contributed by atoms with Crippen LogP contribution in [0.4, 0.5) is 0 Å². The molecular formula is C16H28O10. The Morgan fingerprint density at radius 3 is 2.00 bits per heavy atom. The third-order valence-electron chi connectivity index (χ3n) is 2.77. The van der Waals surface area contributed by atoms with Crippen molar-refractivity contribution < 1.29 is 49.7 Å². The highest BCUT2D eigenvalue weighted by molar-refractivity contribution is 5.86. The molecule has 0 aliphatic heterocycles. The van der Waals surface area contributed by atoms with Gasteiger partial charge in [0.1, 0.15) is 31.0 Å². The van der Waals surface area contributed by atoms with Crippen LogP contribution >= 0.6 is 0 Å². The second kappa shape index (κ2) is 15.4. The summed E-state index contributed by atoms with van der Waals surface area (Å²) in [6, 6.07) is 0. The summed E-state index contributed by atoms with van der Waals surface area (Å²) in [6.07, 6.45) is -5.06. The lowest BCUT2D eigenvalue weighted by atomic mass is 10.0. The molecule has 0 bridgehead atoms. The zero-order valence-corrected chi connectivity index (χ0v) is 14.7. The van der Waals surface area contributed by atoms with E-state index in [4.69, 9.17) is 15.3 Å². The third kappa shape index (κ3) is 12.5. The summed E-state index contributed by atoms with van der Waals surface area (Å²) < 4.78 is 9.06. The van der Waals surface area contributed by atoms with Crippen LogP contribution in [-0.4, -0.2) is 93.4 Å². The molecule has 0 saturated carbocycles. The first-order chi connectivity index (χ1) is 12.1. The maximum Gasteiger partial charge on any atom is 0.333 e. The molecule has 0 aromatic rings. The minimum Gasteiger partial charge on any atom is -0.462 e. The number of hydrogen-bond acceptors (Lipinski definition) is 10. The van der Waals surface area contributed by atoms with Crippen LogP contribution in [0, 0.1) is 0 Å². The van der Waals surface area contributed by atoms with Gasteiger partial charge in [0.2, 0.25) is 0 Å². The summed E-state index contributed by atoms with van der Waals surface area (Å²) in [5, 5.41) is 53.7. The van der Waals surface area contributed by atoms with Gasteiger partial charge in [-0.1, -0.05) is 13.2 Å². The second-order valence-electron chi connectivity index (χ2n) is 5.13. The average Bonchev–Trinajstić information content (AvgIpc) is 2.64. The van der Waals surface area contributed by atoms with Crippen molar-refractivity contribution >= 4 is 11.9 Å². The molecule has 0 amide bonds. The number of aliphatic hydroxyl groups excluding tert-OH is 6. The van der Waals surface area contributed by atoms with E-state index >= 15 is 0 Å². The van der Waals surface area contributed by atoms with Crippen molar-refractivity contribution in [3.63, 3.8) is 0 Å². The zero-order valence-electron chi connectivity index (χ0n) is 14.7. The molecule has 0 aromatic heterocycles. The standard InChI is InChI=1S/C10H18O7.C6H10O3/c1-5(2)10(16)17-4-7(13)9(15)8(14)6(12)3-11;1-2-6(8)9-5-3-4-7/h6-9,11-15H,1,3-4H2,2H3;2,7H,1,3-5H2. The number of aliphatic hydroxyl groups is 6. The molecule has 6 N–H and O–H groups in total. The molecule has 4 atom stereocenters. The van der Waals surface area contributed by atoms with Gasteiger partial charge in [-0.2, -0.15) is 0 Å². The summed E-state index contributed by atoms with van der Waals surface area (Å²) in [5.74, 6) is -1.18. The molecule has 0 aromatic carbocycles. The van der Waals surface area contributed by atoms with Crippen LogP contribution in [0.5, 0.6) is 0 Å². The van der Waals surface area contributed by atoms with Gasteiger partial charge in [-0.3, -0.25) is 0 Å². The van der Waals surface area contributed by atoms with E-state index in [1.807, 2.05) is 0 Å². The fourth-order valence-electron chi connectivity index (χ4n) is 1.24. The number of hydrogen-bond donors (Lipinski definition) is 6. The first-order valence-electron chi connectivity index (χ1n) is 7.68. The van der Waals surface area contributed by atoms with Crippen molar-refractivity contribution in [2.24, 2.45) is 0 Å². The Morgan fingerprint density at radius 2 is 1.58 bits per heavy atom. The highest BCUT2D eigenvalue weighted by atomic mass is 16.5. The zero-order chi connectivity index (χ0) is 20.7. The van der Waals surface area contributed by atoms with Crippen LogP contribution in [0.3, 0.4) is 0 Å². The van der Waals surface area contributed by atoms with E-state index in [0.717, 1.165) is 6.08 Å². The summed E-state index contributed by atoms with van der Waals surface area (Å²) in [6.45, 7) is 6.92. The van der Waals surface area contributed by atoms with Gasteiger partial charge < -0.3 is 40.1 Å². The van der Waals surface area contributed by atoms with Gasteiger partial charge in [0.05, 0.1) is 13.2 Å². The maximum atomic E-state index is 11.0. The number of rotatable bonds is 11. The number of carbonyl (C=O) groups is 2. The molecule has 4 unspecified atom stereocenters. The highest BCUT2D eigenvalue weighted by Crippen LogP contribution is 2.06. The quantitative estimate of drug-likeness (QED) is 0.129. The molecule has 0 saturated heterocycles. The molecule has 10 heteroatoms. The molecule has 152 valence electrons. The summed E-state index contributed by atoms with van der Waals surface area (Å²) >= 11 is 0. The summed E-state index contributed by atoms with van der Waals surface area (Å²) in [7, 11) is 0. The van der Waals surface area contributed by atoms with Crippen LogP contribution in [0.2, 0.25) is 0 Å². The van der Waals surface area contributed by atoms with Gasteiger partial charge in [0, 0.05) is 24.7 Å². The lowest BCUT2D eigenvalue weighted by molar-refractivity contribution is -0.152. The second-order valence-corrected chi connectivity index (χ2v) is 5.13. The number of carbonyl (C=O) groups excluding carboxylic acids is 2. The van der Waals surface area contributed by atoms with Crippen LogP contribution in [0.1, 0.15) is 13.3 Å². The molecule has 26 heavy (non-hydrogen) atoms. The first-order valence-corrected chi connectivity index (χ1v) is 7.68. The van der Waals surface area contributed by atoms with Crippen molar-refractivity contribution in [3.8, 4) is 0 Å². The van der Waals surface area contributed by atoms with E-state index in [1.54, 1.807) is 0 Å². The van der Waals surface area contributed by atoms with Crippen molar-refractivity contribution in [2.45, 2.75) is 37.8 Å². The average molecular weight is 380 g/mol. The minimum absolute atomic E-state index is 0.0461. The predicted molar refractivity (Wildman–Crippen MR) is 89.7 cm³/mol. The predicted octanol–water partition coefficient (Wildman–Crippen LogP) is -2.36. The molecular weight excluding hydrogens is 352 g/mol. The van der Waals surface area contributed by atoms with Crippen LogP contribution in [-0.2, 0) is 19.1 Å². The van der Waals surface area contributed by atoms with E-state index in [2.05, 4.69) is 22.6 Å². The smallest absolute Gasteiger partial charge is 0.333 e. The van der Waals surface area contributed by atoms with E-state index < -0.39 is 49.6 Å². The van der Waals surface area contributed by atoms with Gasteiger partial charge in [-0.25, -0.2) is 9.59 Å². The fourth-order valence-corrected chi connectivity index (χ4v) is 1.24. The Kier molecular flexibility index (Phi) is 15.7. The van der Waals surface area contributed by atoms with Crippen LogP contribution < -0.4 is 0 Å². The van der Waals surface area contributed by atoms with E-state index in [1.165, 1.54) is 6.92 Å². The largest absolute Gasteiger partial charge is 0.462 e. The van der Waals surface area contributed by atoms with Crippen molar-refractivity contribution in [1.29, 1.82) is 0 Å². The Bertz CT molecular complexity index is 437. The molecule has 0 spiro atoms. The first kappa shape index (κ1) is 26.4. The lowest BCUT2D eigenvalue weighted by Crippen LogP contribution is -2.47. The fraction of sp³-hybridized carbons (Fsp3) is 0.625. The van der Waals surface area contributed by atoms with Crippen molar-refractivity contribution in [2.75, 3.05) is 26.4 Å². The van der Waals surface area contributed by atoms with E-state index in [9.17, 15) is 24.9 Å². The maximum absolute atomic E-state index is 11.0. The molecule has 0 aliphatic carbocycles. The molecule has 0 heterocycles.